The lowest BCUT2D eigenvalue weighted by Gasteiger charge is -2.20. The maximum absolute atomic E-state index is 12.5. The first kappa shape index (κ1) is 24.0. The molecular formula is C21H24N2O7S. The van der Waals surface area contributed by atoms with Gasteiger partial charge in [0.25, 0.3) is 11.8 Å². The van der Waals surface area contributed by atoms with E-state index in [1.54, 1.807) is 50.2 Å². The van der Waals surface area contributed by atoms with Gasteiger partial charge in [0.15, 0.2) is 6.61 Å². The molecule has 2 aromatic rings. The Balaban J connectivity index is 1.98. The van der Waals surface area contributed by atoms with E-state index in [1.165, 1.54) is 25.3 Å². The molecule has 0 aromatic heterocycles. The predicted octanol–water partition coefficient (Wildman–Crippen LogP) is 1.50. The molecule has 0 saturated heterocycles. The second kappa shape index (κ2) is 10.7. The summed E-state index contributed by atoms with van der Waals surface area (Å²) in [6.45, 7) is 2.51. The number of benzene rings is 2. The van der Waals surface area contributed by atoms with Crippen LogP contribution in [0.3, 0.4) is 0 Å². The average molecular weight is 448 g/mol. The largest absolute Gasteiger partial charge is 0.496 e. The number of hydrogen-bond donors (Lipinski definition) is 2. The van der Waals surface area contributed by atoms with Crippen molar-refractivity contribution in [3.63, 3.8) is 0 Å². The van der Waals surface area contributed by atoms with Crippen molar-refractivity contribution >= 4 is 27.8 Å². The van der Waals surface area contributed by atoms with Crippen molar-refractivity contribution in [1.82, 2.24) is 10.0 Å². The number of ether oxygens (including phenoxy) is 2. The van der Waals surface area contributed by atoms with Crippen LogP contribution in [-0.4, -0.2) is 46.0 Å². The van der Waals surface area contributed by atoms with Crippen LogP contribution in [0.2, 0.25) is 0 Å². The van der Waals surface area contributed by atoms with Crippen LogP contribution in [0, 0.1) is 5.92 Å². The minimum absolute atomic E-state index is 0.00593. The molecule has 10 heteroatoms. The lowest BCUT2D eigenvalue weighted by Crippen LogP contribution is -2.46. The van der Waals surface area contributed by atoms with E-state index < -0.39 is 46.4 Å². The monoisotopic (exact) mass is 448 g/mol. The third kappa shape index (κ3) is 6.63. The summed E-state index contributed by atoms with van der Waals surface area (Å²) in [7, 11) is -2.58. The number of imide groups is 1. The first-order valence-corrected chi connectivity index (χ1v) is 10.8. The molecule has 0 aliphatic rings. The summed E-state index contributed by atoms with van der Waals surface area (Å²) in [5, 5.41) is 2.09. The summed E-state index contributed by atoms with van der Waals surface area (Å²) in [6.07, 6.45) is 0. The smallest absolute Gasteiger partial charge is 0.324 e. The van der Waals surface area contributed by atoms with Gasteiger partial charge < -0.3 is 9.47 Å². The fourth-order valence-corrected chi connectivity index (χ4v) is 3.93. The maximum Gasteiger partial charge on any atom is 0.324 e. The van der Waals surface area contributed by atoms with Gasteiger partial charge in [0, 0.05) is 0 Å². The van der Waals surface area contributed by atoms with Crippen LogP contribution in [0.5, 0.6) is 5.75 Å². The summed E-state index contributed by atoms with van der Waals surface area (Å²) in [4.78, 5) is 36.7. The summed E-state index contributed by atoms with van der Waals surface area (Å²) in [6, 6.07) is 12.6. The Kier molecular flexibility index (Phi) is 8.29. The predicted molar refractivity (Wildman–Crippen MR) is 112 cm³/mol. The second-order valence-corrected chi connectivity index (χ2v) is 8.56. The van der Waals surface area contributed by atoms with Crippen LogP contribution in [0.1, 0.15) is 24.2 Å². The summed E-state index contributed by atoms with van der Waals surface area (Å²) >= 11 is 0. The Morgan fingerprint density at radius 1 is 0.968 bits per heavy atom. The zero-order chi connectivity index (χ0) is 23.0. The second-order valence-electron chi connectivity index (χ2n) is 6.84. The number of esters is 1. The standard InChI is InChI=1S/C21H24N2O7S/c1-14(2)19(23-31(27,28)15-9-5-4-6-10-15)21(26)30-13-18(24)22-20(25)16-11-7-8-12-17(16)29-3/h4-12,14,19,23H,13H2,1-3H3,(H,22,24,25)/t19-/m1/s1. The number of para-hydroxylation sites is 1. The first-order chi connectivity index (χ1) is 14.7. The Morgan fingerprint density at radius 3 is 2.19 bits per heavy atom. The van der Waals surface area contributed by atoms with E-state index in [9.17, 15) is 22.8 Å². The summed E-state index contributed by atoms with van der Waals surface area (Å²) < 4.78 is 37.3. The molecule has 0 radical (unpaired) electrons. The van der Waals surface area contributed by atoms with Crippen LogP contribution in [0.25, 0.3) is 0 Å². The highest BCUT2D eigenvalue weighted by Gasteiger charge is 2.30. The van der Waals surface area contributed by atoms with Crippen LogP contribution < -0.4 is 14.8 Å². The molecule has 9 nitrogen and oxygen atoms in total. The van der Waals surface area contributed by atoms with Crippen molar-refractivity contribution in [3.8, 4) is 5.75 Å². The van der Waals surface area contributed by atoms with E-state index in [4.69, 9.17) is 9.47 Å². The fraction of sp³-hybridized carbons (Fsp3) is 0.286. The zero-order valence-corrected chi connectivity index (χ0v) is 18.1. The van der Waals surface area contributed by atoms with Gasteiger partial charge in [-0.15, -0.1) is 0 Å². The number of methoxy groups -OCH3 is 1. The Hall–Kier alpha value is -3.24. The van der Waals surface area contributed by atoms with Gasteiger partial charge in [-0.2, -0.15) is 4.72 Å². The van der Waals surface area contributed by atoms with Crippen LogP contribution >= 0.6 is 0 Å². The third-order valence-corrected chi connectivity index (χ3v) is 5.66. The van der Waals surface area contributed by atoms with E-state index in [-0.39, 0.29) is 16.2 Å². The average Bonchev–Trinajstić information content (AvgIpc) is 2.76. The highest BCUT2D eigenvalue weighted by atomic mass is 32.2. The fourth-order valence-electron chi connectivity index (χ4n) is 2.58. The Morgan fingerprint density at radius 2 is 1.58 bits per heavy atom. The minimum atomic E-state index is -3.97. The molecule has 0 saturated carbocycles. The molecule has 2 N–H and O–H groups in total. The molecule has 0 aliphatic heterocycles. The van der Waals surface area contributed by atoms with Crippen molar-refractivity contribution in [3.05, 3.63) is 60.2 Å². The van der Waals surface area contributed by atoms with Gasteiger partial charge in [-0.1, -0.05) is 44.2 Å². The molecule has 0 aliphatic carbocycles. The molecule has 2 rings (SSSR count). The molecule has 0 bridgehead atoms. The number of carbonyl (C=O) groups is 3. The number of hydrogen-bond acceptors (Lipinski definition) is 7. The molecule has 2 aromatic carbocycles. The third-order valence-electron chi connectivity index (χ3n) is 4.21. The van der Waals surface area contributed by atoms with Crippen molar-refractivity contribution in [2.45, 2.75) is 24.8 Å². The van der Waals surface area contributed by atoms with Gasteiger partial charge in [-0.05, 0) is 30.2 Å². The van der Waals surface area contributed by atoms with E-state index in [2.05, 4.69) is 10.0 Å². The molecule has 0 heterocycles. The molecule has 2 amide bonds. The van der Waals surface area contributed by atoms with E-state index >= 15 is 0 Å². The molecule has 0 fully saturated rings. The van der Waals surface area contributed by atoms with Gasteiger partial charge in [0.1, 0.15) is 11.8 Å². The highest BCUT2D eigenvalue weighted by Crippen LogP contribution is 2.17. The Bertz CT molecular complexity index is 1040. The first-order valence-electron chi connectivity index (χ1n) is 9.37. The van der Waals surface area contributed by atoms with Crippen molar-refractivity contribution < 1.29 is 32.3 Å². The molecule has 31 heavy (non-hydrogen) atoms. The summed E-state index contributed by atoms with van der Waals surface area (Å²) in [5.74, 6) is -2.69. The van der Waals surface area contributed by atoms with Gasteiger partial charge >= 0.3 is 5.97 Å². The maximum atomic E-state index is 12.5. The van der Waals surface area contributed by atoms with Crippen molar-refractivity contribution in [1.29, 1.82) is 0 Å². The SMILES string of the molecule is COc1ccccc1C(=O)NC(=O)COC(=O)[C@H](NS(=O)(=O)c1ccccc1)C(C)C. The quantitative estimate of drug-likeness (QED) is 0.556. The van der Waals surface area contributed by atoms with Crippen LogP contribution in [0.15, 0.2) is 59.5 Å². The van der Waals surface area contributed by atoms with E-state index in [0.717, 1.165) is 0 Å². The highest BCUT2D eigenvalue weighted by molar-refractivity contribution is 7.89. The Labute approximate surface area is 180 Å². The van der Waals surface area contributed by atoms with E-state index in [0.29, 0.717) is 0 Å². The lowest BCUT2D eigenvalue weighted by molar-refractivity contribution is -0.150. The number of nitrogens with one attached hydrogen (secondary N) is 2. The topological polar surface area (TPSA) is 128 Å². The van der Waals surface area contributed by atoms with Crippen LogP contribution in [0.4, 0.5) is 0 Å². The number of rotatable bonds is 9. The van der Waals surface area contributed by atoms with E-state index in [1.807, 2.05) is 0 Å². The van der Waals surface area contributed by atoms with Crippen LogP contribution in [-0.2, 0) is 24.3 Å². The summed E-state index contributed by atoms with van der Waals surface area (Å²) in [5.41, 5.74) is 0.139. The number of carbonyl (C=O) groups excluding carboxylic acids is 3. The number of amides is 2. The minimum Gasteiger partial charge on any atom is -0.496 e. The normalized spacial score (nSPS) is 12.1. The zero-order valence-electron chi connectivity index (χ0n) is 17.3. The lowest BCUT2D eigenvalue weighted by atomic mass is 10.1. The van der Waals surface area contributed by atoms with Gasteiger partial charge in [0.2, 0.25) is 10.0 Å². The molecule has 0 spiro atoms. The van der Waals surface area contributed by atoms with Gasteiger partial charge in [-0.3, -0.25) is 19.7 Å². The molecular weight excluding hydrogens is 424 g/mol. The number of sulfonamides is 1. The van der Waals surface area contributed by atoms with Gasteiger partial charge in [0.05, 0.1) is 17.6 Å². The van der Waals surface area contributed by atoms with Crippen molar-refractivity contribution in [2.24, 2.45) is 5.92 Å². The molecule has 1 atom stereocenters. The molecule has 0 unspecified atom stereocenters. The molecule has 166 valence electrons. The van der Waals surface area contributed by atoms with Crippen molar-refractivity contribution in [2.75, 3.05) is 13.7 Å². The van der Waals surface area contributed by atoms with Gasteiger partial charge in [-0.25, -0.2) is 8.42 Å².